The molecule has 0 unspecified atom stereocenters. The molecule has 78 valence electrons. The van der Waals surface area contributed by atoms with Crippen molar-refractivity contribution in [1.29, 1.82) is 0 Å². The molecule has 4 heteroatoms. The van der Waals surface area contributed by atoms with Crippen LogP contribution in [0.25, 0.3) is 20.8 Å². The Hall–Kier alpha value is -1.94. The lowest BCUT2D eigenvalue weighted by Gasteiger charge is -1.91. The van der Waals surface area contributed by atoms with Crippen molar-refractivity contribution in [3.05, 3.63) is 42.7 Å². The van der Waals surface area contributed by atoms with Gasteiger partial charge in [0.2, 0.25) is 0 Å². The fourth-order valence-corrected chi connectivity index (χ4v) is 2.56. The van der Waals surface area contributed by atoms with Gasteiger partial charge in [0.05, 0.1) is 15.9 Å². The van der Waals surface area contributed by atoms with Crippen LogP contribution in [0.1, 0.15) is 0 Å². The molecule has 3 aromatic rings. The molecular formula is C12H9N3S. The van der Waals surface area contributed by atoms with E-state index in [-0.39, 0.29) is 0 Å². The molecule has 0 bridgehead atoms. The molecule has 0 spiro atoms. The monoisotopic (exact) mass is 227 g/mol. The molecule has 3 nitrogen and oxygen atoms in total. The Kier molecular flexibility index (Phi) is 2.08. The van der Waals surface area contributed by atoms with Crippen molar-refractivity contribution < 1.29 is 0 Å². The first-order valence-electron chi connectivity index (χ1n) is 4.90. The highest BCUT2D eigenvalue weighted by molar-refractivity contribution is 7.22. The highest BCUT2D eigenvalue weighted by Crippen LogP contribution is 2.32. The van der Waals surface area contributed by atoms with Gasteiger partial charge in [-0.15, -0.1) is 11.3 Å². The number of anilines is 1. The van der Waals surface area contributed by atoms with E-state index in [2.05, 4.69) is 9.97 Å². The fourth-order valence-electron chi connectivity index (χ4n) is 1.58. The molecule has 0 atom stereocenters. The van der Waals surface area contributed by atoms with E-state index in [1.54, 1.807) is 17.5 Å². The van der Waals surface area contributed by atoms with Crippen LogP contribution in [0.2, 0.25) is 0 Å². The summed E-state index contributed by atoms with van der Waals surface area (Å²) in [7, 11) is 0. The van der Waals surface area contributed by atoms with Gasteiger partial charge in [-0.2, -0.15) is 0 Å². The van der Waals surface area contributed by atoms with E-state index in [0.29, 0.717) is 0 Å². The van der Waals surface area contributed by atoms with Gasteiger partial charge in [-0.05, 0) is 24.3 Å². The lowest BCUT2D eigenvalue weighted by molar-refractivity contribution is 1.32. The first kappa shape index (κ1) is 9.30. The SMILES string of the molecule is Nc1cccc2nc(-c3cccnc3)sc12. The summed E-state index contributed by atoms with van der Waals surface area (Å²) in [6.45, 7) is 0. The maximum atomic E-state index is 5.90. The lowest BCUT2D eigenvalue weighted by Crippen LogP contribution is -1.82. The van der Waals surface area contributed by atoms with Gasteiger partial charge in [-0.1, -0.05) is 6.07 Å². The zero-order valence-corrected chi connectivity index (χ0v) is 9.24. The summed E-state index contributed by atoms with van der Waals surface area (Å²) in [5.41, 5.74) is 8.66. The van der Waals surface area contributed by atoms with Crippen molar-refractivity contribution >= 4 is 27.2 Å². The summed E-state index contributed by atoms with van der Waals surface area (Å²) in [6.07, 6.45) is 3.57. The summed E-state index contributed by atoms with van der Waals surface area (Å²) >= 11 is 1.60. The van der Waals surface area contributed by atoms with Gasteiger partial charge in [0, 0.05) is 18.0 Å². The molecule has 3 rings (SSSR count). The van der Waals surface area contributed by atoms with Gasteiger partial charge in [-0.25, -0.2) is 4.98 Å². The summed E-state index contributed by atoms with van der Waals surface area (Å²) in [5, 5.41) is 0.959. The third-order valence-corrected chi connectivity index (χ3v) is 3.52. The van der Waals surface area contributed by atoms with Gasteiger partial charge in [-0.3, -0.25) is 4.98 Å². The number of thiazole rings is 1. The minimum atomic E-state index is 0.783. The Morgan fingerprint density at radius 3 is 2.81 bits per heavy atom. The molecule has 0 fully saturated rings. The van der Waals surface area contributed by atoms with E-state index < -0.39 is 0 Å². The molecule has 1 aromatic carbocycles. The largest absolute Gasteiger partial charge is 0.398 e. The van der Waals surface area contributed by atoms with Gasteiger partial charge in [0.15, 0.2) is 0 Å². The molecule has 0 saturated heterocycles. The summed E-state index contributed by atoms with van der Waals surface area (Å²) < 4.78 is 1.04. The fraction of sp³-hybridized carbons (Fsp3) is 0. The molecule has 16 heavy (non-hydrogen) atoms. The number of hydrogen-bond donors (Lipinski definition) is 1. The number of rotatable bonds is 1. The highest BCUT2D eigenvalue weighted by atomic mass is 32.1. The van der Waals surface area contributed by atoms with Gasteiger partial charge < -0.3 is 5.73 Å². The summed E-state index contributed by atoms with van der Waals surface area (Å²) in [5.74, 6) is 0. The predicted molar refractivity (Wildman–Crippen MR) is 67.3 cm³/mol. The molecular weight excluding hydrogens is 218 g/mol. The van der Waals surface area contributed by atoms with E-state index in [9.17, 15) is 0 Å². The maximum Gasteiger partial charge on any atom is 0.126 e. The van der Waals surface area contributed by atoms with Crippen molar-refractivity contribution in [3.63, 3.8) is 0 Å². The second-order valence-electron chi connectivity index (χ2n) is 3.46. The number of pyridine rings is 1. The van der Waals surface area contributed by atoms with Crippen LogP contribution in [0.5, 0.6) is 0 Å². The second kappa shape index (κ2) is 3.57. The molecule has 0 radical (unpaired) electrons. The minimum Gasteiger partial charge on any atom is -0.398 e. The zero-order valence-electron chi connectivity index (χ0n) is 8.42. The topological polar surface area (TPSA) is 51.8 Å². The third kappa shape index (κ3) is 1.44. The number of nitrogens with zero attached hydrogens (tertiary/aromatic N) is 2. The quantitative estimate of drug-likeness (QED) is 0.650. The number of nitrogens with two attached hydrogens (primary N) is 1. The Morgan fingerprint density at radius 2 is 2.06 bits per heavy atom. The van der Waals surface area contributed by atoms with Crippen molar-refractivity contribution in [2.75, 3.05) is 5.73 Å². The van der Waals surface area contributed by atoms with Crippen LogP contribution in [0.4, 0.5) is 5.69 Å². The van der Waals surface area contributed by atoms with Gasteiger partial charge >= 0.3 is 0 Å². The smallest absolute Gasteiger partial charge is 0.126 e. The third-order valence-electron chi connectivity index (χ3n) is 2.35. The van der Waals surface area contributed by atoms with Crippen molar-refractivity contribution in [3.8, 4) is 10.6 Å². The zero-order chi connectivity index (χ0) is 11.0. The standard InChI is InChI=1S/C12H9N3S/c13-9-4-1-5-10-11(9)16-12(15-10)8-3-2-6-14-7-8/h1-7H,13H2. The number of fused-ring (bicyclic) bond motifs is 1. The van der Waals surface area contributed by atoms with Crippen LogP contribution in [-0.4, -0.2) is 9.97 Å². The van der Waals surface area contributed by atoms with Crippen molar-refractivity contribution in [1.82, 2.24) is 9.97 Å². The molecule has 2 heterocycles. The second-order valence-corrected chi connectivity index (χ2v) is 4.46. The van der Waals surface area contributed by atoms with E-state index in [1.807, 2.05) is 36.5 Å². The lowest BCUT2D eigenvalue weighted by atomic mass is 10.3. The molecule has 0 saturated carbocycles. The number of nitrogen functional groups attached to an aromatic ring is 1. The van der Waals surface area contributed by atoms with Crippen molar-refractivity contribution in [2.45, 2.75) is 0 Å². The normalized spacial score (nSPS) is 10.8. The van der Waals surface area contributed by atoms with E-state index in [4.69, 9.17) is 5.73 Å². The molecule has 0 amide bonds. The average Bonchev–Trinajstić information content (AvgIpc) is 2.76. The van der Waals surface area contributed by atoms with Crippen LogP contribution < -0.4 is 5.73 Å². The molecule has 0 aliphatic carbocycles. The Morgan fingerprint density at radius 1 is 1.12 bits per heavy atom. The summed E-state index contributed by atoms with van der Waals surface area (Å²) in [4.78, 5) is 8.63. The number of aromatic nitrogens is 2. The Labute approximate surface area is 96.6 Å². The van der Waals surface area contributed by atoms with Crippen LogP contribution in [0.3, 0.4) is 0 Å². The van der Waals surface area contributed by atoms with E-state index in [1.165, 1.54) is 0 Å². The first-order chi connectivity index (χ1) is 7.84. The van der Waals surface area contributed by atoms with Crippen molar-refractivity contribution in [2.24, 2.45) is 0 Å². The van der Waals surface area contributed by atoms with E-state index in [0.717, 1.165) is 26.5 Å². The average molecular weight is 227 g/mol. The van der Waals surface area contributed by atoms with Crippen LogP contribution in [0, 0.1) is 0 Å². The molecule has 2 aromatic heterocycles. The van der Waals surface area contributed by atoms with E-state index >= 15 is 0 Å². The van der Waals surface area contributed by atoms with Gasteiger partial charge in [0.1, 0.15) is 5.01 Å². The first-order valence-corrected chi connectivity index (χ1v) is 5.72. The van der Waals surface area contributed by atoms with Gasteiger partial charge in [0.25, 0.3) is 0 Å². The molecule has 0 aliphatic heterocycles. The predicted octanol–water partition coefficient (Wildman–Crippen LogP) is 2.94. The number of benzene rings is 1. The molecule has 0 aliphatic rings. The minimum absolute atomic E-state index is 0.783. The maximum absolute atomic E-state index is 5.90. The Balaban J connectivity index is 2.23. The van der Waals surface area contributed by atoms with Crippen LogP contribution >= 0.6 is 11.3 Å². The molecule has 2 N–H and O–H groups in total. The number of hydrogen-bond acceptors (Lipinski definition) is 4. The highest BCUT2D eigenvalue weighted by Gasteiger charge is 2.07. The van der Waals surface area contributed by atoms with Crippen LogP contribution in [-0.2, 0) is 0 Å². The summed E-state index contributed by atoms with van der Waals surface area (Å²) in [6, 6.07) is 9.70. The van der Waals surface area contributed by atoms with Crippen LogP contribution in [0.15, 0.2) is 42.7 Å². The Bertz CT molecular complexity index is 631.